The van der Waals surface area contributed by atoms with Crippen molar-refractivity contribution < 1.29 is 22.8 Å². The minimum absolute atomic E-state index is 0.0153. The second-order valence-corrected chi connectivity index (χ2v) is 6.23. The van der Waals surface area contributed by atoms with E-state index in [-0.39, 0.29) is 16.6 Å². The number of halogens is 4. The summed E-state index contributed by atoms with van der Waals surface area (Å²) in [6.45, 7) is 3.07. The summed E-state index contributed by atoms with van der Waals surface area (Å²) in [7, 11) is 0. The van der Waals surface area contributed by atoms with Gasteiger partial charge in [-0.2, -0.15) is 13.2 Å². The summed E-state index contributed by atoms with van der Waals surface area (Å²) in [5.41, 5.74) is 0.197. The SMILES string of the molecule is CC(=O)Nc1cccc(C(C)NC(=O)Nc2cc(C(F)(F)F)ccc2Cl)c1. The van der Waals surface area contributed by atoms with Crippen LogP contribution in [0.25, 0.3) is 0 Å². The lowest BCUT2D eigenvalue weighted by molar-refractivity contribution is -0.137. The molecule has 0 bridgehead atoms. The van der Waals surface area contributed by atoms with Gasteiger partial charge >= 0.3 is 12.2 Å². The molecule has 0 saturated carbocycles. The molecule has 27 heavy (non-hydrogen) atoms. The van der Waals surface area contributed by atoms with Crippen LogP contribution < -0.4 is 16.0 Å². The molecule has 3 amide bonds. The molecule has 0 fully saturated rings. The molecule has 1 atom stereocenters. The lowest BCUT2D eigenvalue weighted by atomic mass is 10.1. The quantitative estimate of drug-likeness (QED) is 0.661. The maximum atomic E-state index is 12.8. The van der Waals surface area contributed by atoms with Crippen LogP contribution in [0.2, 0.25) is 5.02 Å². The predicted octanol–water partition coefficient (Wildman–Crippen LogP) is 5.20. The largest absolute Gasteiger partial charge is 0.416 e. The minimum atomic E-state index is -4.55. The van der Waals surface area contributed by atoms with Gasteiger partial charge in [0.05, 0.1) is 22.3 Å². The highest BCUT2D eigenvalue weighted by Crippen LogP contribution is 2.33. The smallest absolute Gasteiger partial charge is 0.331 e. The summed E-state index contributed by atoms with van der Waals surface area (Å²) in [6.07, 6.45) is -4.55. The Morgan fingerprint density at radius 3 is 2.41 bits per heavy atom. The van der Waals surface area contributed by atoms with E-state index >= 15 is 0 Å². The van der Waals surface area contributed by atoms with E-state index in [9.17, 15) is 22.8 Å². The summed E-state index contributed by atoms with van der Waals surface area (Å²) in [6, 6.07) is 8.32. The van der Waals surface area contributed by atoms with E-state index in [4.69, 9.17) is 11.6 Å². The highest BCUT2D eigenvalue weighted by Gasteiger charge is 2.31. The lowest BCUT2D eigenvalue weighted by Crippen LogP contribution is -2.31. The Morgan fingerprint density at radius 2 is 1.78 bits per heavy atom. The van der Waals surface area contributed by atoms with Gasteiger partial charge in [0.1, 0.15) is 0 Å². The average molecular weight is 400 g/mol. The van der Waals surface area contributed by atoms with Crippen molar-refractivity contribution in [2.75, 3.05) is 10.6 Å². The van der Waals surface area contributed by atoms with Gasteiger partial charge in [0.25, 0.3) is 0 Å². The van der Waals surface area contributed by atoms with E-state index in [1.165, 1.54) is 6.92 Å². The van der Waals surface area contributed by atoms with Gasteiger partial charge in [0.2, 0.25) is 5.91 Å². The second kappa shape index (κ2) is 8.30. The van der Waals surface area contributed by atoms with Crippen LogP contribution in [-0.4, -0.2) is 11.9 Å². The molecule has 1 unspecified atom stereocenters. The predicted molar refractivity (Wildman–Crippen MR) is 97.8 cm³/mol. The van der Waals surface area contributed by atoms with Gasteiger partial charge in [-0.05, 0) is 42.8 Å². The van der Waals surface area contributed by atoms with E-state index in [0.29, 0.717) is 11.3 Å². The van der Waals surface area contributed by atoms with Crippen LogP contribution in [0, 0.1) is 0 Å². The first-order chi connectivity index (χ1) is 12.6. The van der Waals surface area contributed by atoms with Crippen molar-refractivity contribution in [1.82, 2.24) is 5.32 Å². The zero-order chi connectivity index (χ0) is 20.2. The molecule has 0 aliphatic carbocycles. The van der Waals surface area contributed by atoms with Crippen molar-refractivity contribution in [2.45, 2.75) is 26.1 Å². The van der Waals surface area contributed by atoms with Crippen LogP contribution in [0.4, 0.5) is 29.3 Å². The Labute approximate surface area is 158 Å². The van der Waals surface area contributed by atoms with Gasteiger partial charge in [-0.1, -0.05) is 23.7 Å². The third-order valence-electron chi connectivity index (χ3n) is 3.60. The van der Waals surface area contributed by atoms with Crippen molar-refractivity contribution in [3.63, 3.8) is 0 Å². The molecule has 144 valence electrons. The number of hydrogen-bond donors (Lipinski definition) is 3. The zero-order valence-corrected chi connectivity index (χ0v) is 15.2. The number of hydrogen-bond acceptors (Lipinski definition) is 2. The standard InChI is InChI=1S/C18H17ClF3N3O2/c1-10(12-4-3-5-14(8-12)24-11(2)26)23-17(27)25-16-9-13(18(20,21)22)6-7-15(16)19/h3-10H,1-2H3,(H,24,26)(H2,23,25,27). The van der Waals surface area contributed by atoms with E-state index in [1.807, 2.05) is 0 Å². The summed E-state index contributed by atoms with van der Waals surface area (Å²) < 4.78 is 38.4. The van der Waals surface area contributed by atoms with Crippen LogP contribution in [0.3, 0.4) is 0 Å². The summed E-state index contributed by atoms with van der Waals surface area (Å²) >= 11 is 5.86. The number of anilines is 2. The average Bonchev–Trinajstić information content (AvgIpc) is 2.55. The van der Waals surface area contributed by atoms with Crippen molar-refractivity contribution in [2.24, 2.45) is 0 Å². The molecule has 5 nitrogen and oxygen atoms in total. The number of benzene rings is 2. The molecule has 2 rings (SSSR count). The summed E-state index contributed by atoms with van der Waals surface area (Å²) in [5.74, 6) is -0.232. The molecular formula is C18H17ClF3N3O2. The van der Waals surface area contributed by atoms with Gasteiger partial charge < -0.3 is 16.0 Å². The zero-order valence-electron chi connectivity index (χ0n) is 14.4. The molecule has 3 N–H and O–H groups in total. The fourth-order valence-electron chi connectivity index (χ4n) is 2.32. The fraction of sp³-hybridized carbons (Fsp3) is 0.222. The van der Waals surface area contributed by atoms with E-state index in [2.05, 4.69) is 16.0 Å². The Kier molecular flexibility index (Phi) is 6.32. The molecule has 0 aliphatic heterocycles. The van der Waals surface area contributed by atoms with E-state index < -0.39 is 23.8 Å². The van der Waals surface area contributed by atoms with Crippen LogP contribution in [0.5, 0.6) is 0 Å². The second-order valence-electron chi connectivity index (χ2n) is 5.82. The first-order valence-electron chi connectivity index (χ1n) is 7.88. The normalized spacial score (nSPS) is 12.2. The van der Waals surface area contributed by atoms with Crippen molar-refractivity contribution in [3.8, 4) is 0 Å². The van der Waals surface area contributed by atoms with Gasteiger partial charge in [0, 0.05) is 12.6 Å². The molecule has 0 spiro atoms. The number of carbonyl (C=O) groups excluding carboxylic acids is 2. The molecule has 0 heterocycles. The van der Waals surface area contributed by atoms with Crippen molar-refractivity contribution >= 4 is 34.9 Å². The minimum Gasteiger partial charge on any atom is -0.331 e. The lowest BCUT2D eigenvalue weighted by Gasteiger charge is -2.17. The molecular weight excluding hydrogens is 383 g/mol. The van der Waals surface area contributed by atoms with Crippen LogP contribution in [0.1, 0.15) is 31.0 Å². The Bertz CT molecular complexity index is 856. The number of alkyl halides is 3. The Balaban J connectivity index is 2.08. The maximum Gasteiger partial charge on any atom is 0.416 e. The molecule has 0 aromatic heterocycles. The van der Waals surface area contributed by atoms with Crippen molar-refractivity contribution in [1.29, 1.82) is 0 Å². The fourth-order valence-corrected chi connectivity index (χ4v) is 2.49. The number of rotatable bonds is 4. The highest BCUT2D eigenvalue weighted by atomic mass is 35.5. The third-order valence-corrected chi connectivity index (χ3v) is 3.93. The Morgan fingerprint density at radius 1 is 1.07 bits per heavy atom. The maximum absolute atomic E-state index is 12.8. The first kappa shape index (κ1) is 20.6. The molecule has 0 saturated heterocycles. The van der Waals surface area contributed by atoms with Crippen LogP contribution in [0.15, 0.2) is 42.5 Å². The first-order valence-corrected chi connectivity index (χ1v) is 8.26. The van der Waals surface area contributed by atoms with Gasteiger partial charge in [-0.15, -0.1) is 0 Å². The third kappa shape index (κ3) is 5.89. The monoisotopic (exact) mass is 399 g/mol. The van der Waals surface area contributed by atoms with Gasteiger partial charge in [-0.25, -0.2) is 4.79 Å². The molecule has 2 aromatic rings. The van der Waals surface area contributed by atoms with E-state index in [0.717, 1.165) is 18.2 Å². The topological polar surface area (TPSA) is 70.2 Å². The Hall–Kier alpha value is -2.74. The van der Waals surface area contributed by atoms with Crippen molar-refractivity contribution in [3.05, 3.63) is 58.6 Å². The number of amides is 3. The molecule has 0 radical (unpaired) electrons. The van der Waals surface area contributed by atoms with Gasteiger partial charge in [0.15, 0.2) is 0 Å². The molecule has 2 aromatic carbocycles. The summed E-state index contributed by atoms with van der Waals surface area (Å²) in [5, 5.41) is 7.54. The number of urea groups is 1. The van der Waals surface area contributed by atoms with Crippen LogP contribution >= 0.6 is 11.6 Å². The number of nitrogens with one attached hydrogen (secondary N) is 3. The highest BCUT2D eigenvalue weighted by molar-refractivity contribution is 6.33. The van der Waals surface area contributed by atoms with Crippen LogP contribution in [-0.2, 0) is 11.0 Å². The summed E-state index contributed by atoms with van der Waals surface area (Å²) in [4.78, 5) is 23.3. The van der Waals surface area contributed by atoms with E-state index in [1.54, 1.807) is 31.2 Å². The molecule has 9 heteroatoms. The number of carbonyl (C=O) groups is 2. The van der Waals surface area contributed by atoms with Gasteiger partial charge in [-0.3, -0.25) is 4.79 Å². The molecule has 0 aliphatic rings.